The van der Waals surface area contributed by atoms with E-state index in [4.69, 9.17) is 5.73 Å². The first-order valence-electron chi connectivity index (χ1n) is 6.00. The van der Waals surface area contributed by atoms with Crippen molar-refractivity contribution < 1.29 is 8.42 Å². The molecule has 1 aromatic rings. The van der Waals surface area contributed by atoms with Gasteiger partial charge >= 0.3 is 0 Å². The molecule has 0 radical (unpaired) electrons. The summed E-state index contributed by atoms with van der Waals surface area (Å²) in [6.45, 7) is 1.88. The Morgan fingerprint density at radius 1 is 1.22 bits per heavy atom. The predicted octanol–water partition coefficient (Wildman–Crippen LogP) is 1.12. The highest BCUT2D eigenvalue weighted by molar-refractivity contribution is 7.89. The number of hydrogen-bond acceptors (Lipinski definition) is 4. The molecule has 0 amide bonds. The Morgan fingerprint density at radius 2 is 1.83 bits per heavy atom. The molecule has 0 atom stereocenters. The van der Waals surface area contributed by atoms with Crippen molar-refractivity contribution in [1.29, 1.82) is 0 Å². The van der Waals surface area contributed by atoms with E-state index in [9.17, 15) is 8.42 Å². The van der Waals surface area contributed by atoms with Gasteiger partial charge in [-0.05, 0) is 31.0 Å². The van der Waals surface area contributed by atoms with Gasteiger partial charge in [-0.25, -0.2) is 12.7 Å². The van der Waals surface area contributed by atoms with Gasteiger partial charge in [0.15, 0.2) is 0 Å². The molecule has 2 N–H and O–H groups in total. The van der Waals surface area contributed by atoms with Crippen molar-refractivity contribution in [2.45, 2.75) is 17.7 Å². The Balaban J connectivity index is 2.44. The molecular weight excluding hydrogens is 250 g/mol. The van der Waals surface area contributed by atoms with Gasteiger partial charge in [0.25, 0.3) is 0 Å². The normalized spacial score (nSPS) is 16.5. The van der Waals surface area contributed by atoms with Gasteiger partial charge in [0.2, 0.25) is 10.0 Å². The first-order chi connectivity index (χ1) is 8.43. The zero-order chi connectivity index (χ0) is 13.3. The second-order valence-corrected chi connectivity index (χ2v) is 6.85. The molecule has 1 fully saturated rings. The molecule has 5 nitrogen and oxygen atoms in total. The third kappa shape index (κ3) is 2.30. The fraction of sp³-hybridized carbons (Fsp3) is 0.500. The molecule has 0 bridgehead atoms. The summed E-state index contributed by atoms with van der Waals surface area (Å²) < 4.78 is 25.4. The molecule has 0 spiro atoms. The summed E-state index contributed by atoms with van der Waals surface area (Å²) in [7, 11) is -0.337. The standard InChI is InChI=1S/C12H19N3O2S/c1-14(2)18(16,17)10-5-6-11(13)12(9-10)15-7-3-4-8-15/h5-6,9H,3-4,7-8,13H2,1-2H3. The van der Waals surface area contributed by atoms with Crippen LogP contribution in [0.1, 0.15) is 12.8 Å². The minimum atomic E-state index is -3.39. The molecule has 2 rings (SSSR count). The number of benzene rings is 1. The Bertz CT molecular complexity index is 534. The maximum Gasteiger partial charge on any atom is 0.242 e. The summed E-state index contributed by atoms with van der Waals surface area (Å²) in [6.07, 6.45) is 2.26. The lowest BCUT2D eigenvalue weighted by molar-refractivity contribution is 0.521. The number of rotatable bonds is 3. The van der Waals surface area contributed by atoms with Crippen LogP contribution < -0.4 is 10.6 Å². The van der Waals surface area contributed by atoms with Crippen molar-refractivity contribution in [3.05, 3.63) is 18.2 Å². The number of nitrogens with two attached hydrogens (primary N) is 1. The van der Waals surface area contributed by atoms with E-state index >= 15 is 0 Å². The minimum Gasteiger partial charge on any atom is -0.397 e. The van der Waals surface area contributed by atoms with Crippen molar-refractivity contribution in [3.63, 3.8) is 0 Å². The third-order valence-electron chi connectivity index (χ3n) is 3.23. The van der Waals surface area contributed by atoms with Crippen LogP contribution in [0.15, 0.2) is 23.1 Å². The van der Waals surface area contributed by atoms with Crippen molar-refractivity contribution in [2.24, 2.45) is 0 Å². The van der Waals surface area contributed by atoms with Crippen molar-refractivity contribution >= 4 is 21.4 Å². The number of nitrogen functional groups attached to an aromatic ring is 1. The van der Waals surface area contributed by atoms with Crippen molar-refractivity contribution in [2.75, 3.05) is 37.8 Å². The molecule has 1 aliphatic heterocycles. The number of hydrogen-bond donors (Lipinski definition) is 1. The maximum atomic E-state index is 12.1. The van der Waals surface area contributed by atoms with Gasteiger partial charge in [-0.2, -0.15) is 0 Å². The van der Waals surface area contributed by atoms with Crippen LogP contribution in [0.2, 0.25) is 0 Å². The molecular formula is C12H19N3O2S. The van der Waals surface area contributed by atoms with Crippen LogP contribution in [0.3, 0.4) is 0 Å². The van der Waals surface area contributed by atoms with Crippen LogP contribution in [-0.2, 0) is 10.0 Å². The third-order valence-corrected chi connectivity index (χ3v) is 5.04. The van der Waals surface area contributed by atoms with Gasteiger partial charge in [-0.1, -0.05) is 0 Å². The molecule has 1 aliphatic rings. The quantitative estimate of drug-likeness (QED) is 0.835. The minimum absolute atomic E-state index is 0.295. The lowest BCUT2D eigenvalue weighted by Gasteiger charge is -2.21. The lowest BCUT2D eigenvalue weighted by atomic mass is 10.2. The molecule has 0 saturated carbocycles. The average molecular weight is 269 g/mol. The highest BCUT2D eigenvalue weighted by atomic mass is 32.2. The highest BCUT2D eigenvalue weighted by Gasteiger charge is 2.21. The van der Waals surface area contributed by atoms with Gasteiger partial charge in [-0.15, -0.1) is 0 Å². The second-order valence-electron chi connectivity index (χ2n) is 4.70. The molecule has 1 saturated heterocycles. The van der Waals surface area contributed by atoms with E-state index < -0.39 is 10.0 Å². The monoisotopic (exact) mass is 269 g/mol. The molecule has 1 heterocycles. The number of anilines is 2. The van der Waals surface area contributed by atoms with E-state index in [1.165, 1.54) is 18.4 Å². The SMILES string of the molecule is CN(C)S(=O)(=O)c1ccc(N)c(N2CCCC2)c1. The van der Waals surface area contributed by atoms with Gasteiger partial charge < -0.3 is 10.6 Å². The van der Waals surface area contributed by atoms with Crippen molar-refractivity contribution in [1.82, 2.24) is 4.31 Å². The summed E-state index contributed by atoms with van der Waals surface area (Å²) in [5.74, 6) is 0. The van der Waals surface area contributed by atoms with E-state index in [1.807, 2.05) is 0 Å². The number of sulfonamides is 1. The van der Waals surface area contributed by atoms with Crippen LogP contribution in [0, 0.1) is 0 Å². The molecule has 0 aliphatic carbocycles. The molecule has 1 aromatic carbocycles. The first kappa shape index (κ1) is 13.2. The van der Waals surface area contributed by atoms with Gasteiger partial charge in [0.1, 0.15) is 0 Å². The summed E-state index contributed by atoms with van der Waals surface area (Å²) in [5, 5.41) is 0. The Kier molecular flexibility index (Phi) is 3.49. The smallest absolute Gasteiger partial charge is 0.242 e. The number of nitrogens with zero attached hydrogens (tertiary/aromatic N) is 2. The molecule has 0 aromatic heterocycles. The lowest BCUT2D eigenvalue weighted by Crippen LogP contribution is -2.24. The Hall–Kier alpha value is -1.27. The van der Waals surface area contributed by atoms with Crippen molar-refractivity contribution in [3.8, 4) is 0 Å². The van der Waals surface area contributed by atoms with E-state index in [0.717, 1.165) is 31.6 Å². The molecule has 6 heteroatoms. The van der Waals surface area contributed by atoms with Gasteiger partial charge in [0.05, 0.1) is 16.3 Å². The molecule has 100 valence electrons. The van der Waals surface area contributed by atoms with Crippen LogP contribution in [0.5, 0.6) is 0 Å². The highest BCUT2D eigenvalue weighted by Crippen LogP contribution is 2.30. The zero-order valence-electron chi connectivity index (χ0n) is 10.8. The van der Waals surface area contributed by atoms with Gasteiger partial charge in [0, 0.05) is 27.2 Å². The average Bonchev–Trinajstić information content (AvgIpc) is 2.82. The largest absolute Gasteiger partial charge is 0.397 e. The maximum absolute atomic E-state index is 12.1. The Morgan fingerprint density at radius 3 is 2.39 bits per heavy atom. The topological polar surface area (TPSA) is 66.6 Å². The van der Waals surface area contributed by atoms with E-state index in [1.54, 1.807) is 18.2 Å². The fourth-order valence-electron chi connectivity index (χ4n) is 2.13. The van der Waals surface area contributed by atoms with E-state index in [-0.39, 0.29) is 0 Å². The van der Waals surface area contributed by atoms with Crippen LogP contribution in [-0.4, -0.2) is 39.9 Å². The Labute approximate surface area is 108 Å². The van der Waals surface area contributed by atoms with E-state index in [2.05, 4.69) is 4.90 Å². The first-order valence-corrected chi connectivity index (χ1v) is 7.44. The summed E-state index contributed by atoms with van der Waals surface area (Å²) >= 11 is 0. The molecule has 0 unspecified atom stereocenters. The fourth-order valence-corrected chi connectivity index (χ4v) is 3.05. The second kappa shape index (κ2) is 4.78. The summed E-state index contributed by atoms with van der Waals surface area (Å²) in [4.78, 5) is 2.44. The van der Waals surface area contributed by atoms with Gasteiger partial charge in [-0.3, -0.25) is 0 Å². The van der Waals surface area contributed by atoms with Crippen LogP contribution >= 0.6 is 0 Å². The van der Waals surface area contributed by atoms with E-state index in [0.29, 0.717) is 10.6 Å². The predicted molar refractivity (Wildman–Crippen MR) is 73.2 cm³/mol. The summed E-state index contributed by atoms with van der Waals surface area (Å²) in [5.41, 5.74) is 7.40. The van der Waals surface area contributed by atoms with Crippen LogP contribution in [0.25, 0.3) is 0 Å². The van der Waals surface area contributed by atoms with Crippen LogP contribution in [0.4, 0.5) is 11.4 Å². The molecule has 18 heavy (non-hydrogen) atoms. The zero-order valence-corrected chi connectivity index (χ0v) is 11.6. The summed E-state index contributed by atoms with van der Waals surface area (Å²) in [6, 6.07) is 4.91.